The molecule has 3 nitrogen and oxygen atoms in total. The summed E-state index contributed by atoms with van der Waals surface area (Å²) < 4.78 is 11.3. The lowest BCUT2D eigenvalue weighted by Gasteiger charge is -1.99. The molecule has 0 bridgehead atoms. The summed E-state index contributed by atoms with van der Waals surface area (Å²) >= 11 is 0. The highest BCUT2D eigenvalue weighted by Gasteiger charge is 2.13. The van der Waals surface area contributed by atoms with Crippen LogP contribution in [0.3, 0.4) is 0 Å². The normalized spacial score (nSPS) is 11.7. The van der Waals surface area contributed by atoms with Gasteiger partial charge in [0.15, 0.2) is 0 Å². The van der Waals surface area contributed by atoms with Crippen LogP contribution in [-0.4, -0.2) is 0 Å². The topological polar surface area (TPSA) is 52.3 Å². The summed E-state index contributed by atoms with van der Waals surface area (Å²) in [5.41, 5.74) is 8.59. The van der Waals surface area contributed by atoms with Crippen LogP contribution in [0.1, 0.15) is 17.1 Å². The van der Waals surface area contributed by atoms with Crippen molar-refractivity contribution in [2.75, 3.05) is 0 Å². The Kier molecular flexibility index (Phi) is 1.85. The van der Waals surface area contributed by atoms with Gasteiger partial charge in [-0.2, -0.15) is 0 Å². The molecule has 0 saturated carbocycles. The number of benzene rings is 1. The first-order valence-electron chi connectivity index (χ1n) is 5.31. The standard InChI is InChI=1S/C13H13NO2/c1-7-3-9-5-12-10(4-8(2)15-12)11(6-14)13(9)16-7/h3-5H,6,14H2,1-2H3. The summed E-state index contributed by atoms with van der Waals surface area (Å²) in [5.74, 6) is 1.79. The molecule has 0 radical (unpaired) electrons. The van der Waals surface area contributed by atoms with Gasteiger partial charge in [0, 0.05) is 22.9 Å². The van der Waals surface area contributed by atoms with Crippen molar-refractivity contribution in [3.63, 3.8) is 0 Å². The van der Waals surface area contributed by atoms with Crippen LogP contribution < -0.4 is 5.73 Å². The second-order valence-electron chi connectivity index (χ2n) is 4.10. The largest absolute Gasteiger partial charge is 0.461 e. The molecule has 3 rings (SSSR count). The van der Waals surface area contributed by atoms with E-state index in [0.717, 1.165) is 39.0 Å². The molecule has 2 heterocycles. The molecular weight excluding hydrogens is 202 g/mol. The van der Waals surface area contributed by atoms with Gasteiger partial charge in [0.2, 0.25) is 0 Å². The van der Waals surface area contributed by atoms with Crippen LogP contribution in [0.2, 0.25) is 0 Å². The fourth-order valence-electron chi connectivity index (χ4n) is 2.22. The lowest BCUT2D eigenvalue weighted by Crippen LogP contribution is -1.96. The quantitative estimate of drug-likeness (QED) is 0.677. The lowest BCUT2D eigenvalue weighted by molar-refractivity contribution is 0.573. The highest BCUT2D eigenvalue weighted by Crippen LogP contribution is 2.32. The third kappa shape index (κ3) is 1.18. The van der Waals surface area contributed by atoms with Crippen molar-refractivity contribution in [3.05, 3.63) is 35.3 Å². The second-order valence-corrected chi connectivity index (χ2v) is 4.10. The highest BCUT2D eigenvalue weighted by molar-refractivity contribution is 5.98. The molecule has 0 amide bonds. The molecule has 0 spiro atoms. The maximum absolute atomic E-state index is 5.80. The van der Waals surface area contributed by atoms with E-state index in [2.05, 4.69) is 0 Å². The van der Waals surface area contributed by atoms with Crippen molar-refractivity contribution >= 4 is 21.9 Å². The highest BCUT2D eigenvalue weighted by atomic mass is 16.3. The molecule has 0 aliphatic heterocycles. The molecule has 0 atom stereocenters. The van der Waals surface area contributed by atoms with E-state index in [-0.39, 0.29) is 0 Å². The molecule has 0 aliphatic rings. The first-order chi connectivity index (χ1) is 7.69. The van der Waals surface area contributed by atoms with Gasteiger partial charge in [0.25, 0.3) is 0 Å². The molecule has 0 fully saturated rings. The molecular formula is C13H13NO2. The van der Waals surface area contributed by atoms with Crippen molar-refractivity contribution in [2.45, 2.75) is 20.4 Å². The van der Waals surface area contributed by atoms with E-state index in [1.807, 2.05) is 32.0 Å². The van der Waals surface area contributed by atoms with Crippen LogP contribution in [0.25, 0.3) is 21.9 Å². The Bertz CT molecular complexity index is 621. The van der Waals surface area contributed by atoms with Gasteiger partial charge >= 0.3 is 0 Å². The molecule has 3 aromatic rings. The Balaban J connectivity index is 2.53. The zero-order valence-electron chi connectivity index (χ0n) is 9.33. The number of rotatable bonds is 1. The first-order valence-corrected chi connectivity index (χ1v) is 5.31. The Hall–Kier alpha value is -1.74. The van der Waals surface area contributed by atoms with Gasteiger partial charge < -0.3 is 14.6 Å². The fourth-order valence-corrected chi connectivity index (χ4v) is 2.22. The molecule has 1 aromatic carbocycles. The van der Waals surface area contributed by atoms with E-state index < -0.39 is 0 Å². The molecule has 16 heavy (non-hydrogen) atoms. The maximum Gasteiger partial charge on any atom is 0.139 e. The predicted octanol–water partition coefficient (Wildman–Crippen LogP) is 3.25. The smallest absolute Gasteiger partial charge is 0.139 e. The molecule has 2 N–H and O–H groups in total. The van der Waals surface area contributed by atoms with Gasteiger partial charge in [-0.25, -0.2) is 0 Å². The fraction of sp³-hybridized carbons (Fsp3) is 0.231. The number of hydrogen-bond donors (Lipinski definition) is 1. The van der Waals surface area contributed by atoms with E-state index in [4.69, 9.17) is 14.6 Å². The first kappa shape index (κ1) is 9.48. The second kappa shape index (κ2) is 3.12. The Morgan fingerprint density at radius 1 is 1.06 bits per heavy atom. The minimum Gasteiger partial charge on any atom is -0.461 e. The van der Waals surface area contributed by atoms with E-state index in [1.165, 1.54) is 0 Å². The van der Waals surface area contributed by atoms with Gasteiger partial charge in [-0.15, -0.1) is 0 Å². The summed E-state index contributed by atoms with van der Waals surface area (Å²) in [5, 5.41) is 2.11. The van der Waals surface area contributed by atoms with E-state index in [9.17, 15) is 0 Å². The Morgan fingerprint density at radius 3 is 2.56 bits per heavy atom. The van der Waals surface area contributed by atoms with Crippen LogP contribution in [0, 0.1) is 13.8 Å². The molecule has 82 valence electrons. The zero-order chi connectivity index (χ0) is 11.3. The predicted molar refractivity (Wildman–Crippen MR) is 63.4 cm³/mol. The van der Waals surface area contributed by atoms with Gasteiger partial charge in [0.05, 0.1) is 0 Å². The average molecular weight is 215 g/mol. The molecule has 2 aromatic heterocycles. The van der Waals surface area contributed by atoms with E-state index in [0.29, 0.717) is 6.54 Å². The Labute approximate surface area is 92.8 Å². The van der Waals surface area contributed by atoms with Gasteiger partial charge in [-0.1, -0.05) is 0 Å². The maximum atomic E-state index is 5.80. The van der Waals surface area contributed by atoms with Crippen molar-refractivity contribution in [1.29, 1.82) is 0 Å². The minimum absolute atomic E-state index is 0.458. The van der Waals surface area contributed by atoms with Gasteiger partial charge in [-0.05, 0) is 32.0 Å². The van der Waals surface area contributed by atoms with Crippen molar-refractivity contribution < 1.29 is 8.83 Å². The third-order valence-corrected chi connectivity index (χ3v) is 2.86. The van der Waals surface area contributed by atoms with Crippen LogP contribution >= 0.6 is 0 Å². The SMILES string of the molecule is Cc1cc2c(CN)c3oc(C)cc3cc2o1. The lowest BCUT2D eigenvalue weighted by atomic mass is 10.1. The number of hydrogen-bond acceptors (Lipinski definition) is 3. The summed E-state index contributed by atoms with van der Waals surface area (Å²) in [4.78, 5) is 0. The van der Waals surface area contributed by atoms with Crippen molar-refractivity contribution in [2.24, 2.45) is 5.73 Å². The van der Waals surface area contributed by atoms with Crippen LogP contribution in [0.15, 0.2) is 27.0 Å². The van der Waals surface area contributed by atoms with Gasteiger partial charge in [-0.3, -0.25) is 0 Å². The summed E-state index contributed by atoms with van der Waals surface area (Å²) in [6, 6.07) is 6.02. The molecule has 0 unspecified atom stereocenters. The average Bonchev–Trinajstić information content (AvgIpc) is 2.74. The van der Waals surface area contributed by atoms with Crippen molar-refractivity contribution in [1.82, 2.24) is 0 Å². The van der Waals surface area contributed by atoms with Crippen LogP contribution in [-0.2, 0) is 6.54 Å². The van der Waals surface area contributed by atoms with Gasteiger partial charge in [0.1, 0.15) is 22.7 Å². The van der Waals surface area contributed by atoms with Crippen LogP contribution in [0.5, 0.6) is 0 Å². The summed E-state index contributed by atoms with van der Waals surface area (Å²) in [7, 11) is 0. The number of fused-ring (bicyclic) bond motifs is 2. The number of furan rings is 2. The molecule has 0 aliphatic carbocycles. The zero-order valence-corrected chi connectivity index (χ0v) is 9.33. The minimum atomic E-state index is 0.458. The van der Waals surface area contributed by atoms with Crippen molar-refractivity contribution in [3.8, 4) is 0 Å². The third-order valence-electron chi connectivity index (χ3n) is 2.86. The monoisotopic (exact) mass is 215 g/mol. The van der Waals surface area contributed by atoms with Crippen LogP contribution in [0.4, 0.5) is 0 Å². The summed E-state index contributed by atoms with van der Waals surface area (Å²) in [6.07, 6.45) is 0. The number of aryl methyl sites for hydroxylation is 2. The Morgan fingerprint density at radius 2 is 1.81 bits per heavy atom. The van der Waals surface area contributed by atoms with E-state index in [1.54, 1.807) is 0 Å². The number of nitrogens with two attached hydrogens (primary N) is 1. The van der Waals surface area contributed by atoms with E-state index >= 15 is 0 Å². The molecule has 3 heteroatoms. The summed E-state index contributed by atoms with van der Waals surface area (Å²) in [6.45, 7) is 4.33. The molecule has 0 saturated heterocycles.